The average molecular weight is 342 g/mol. The molecule has 2 heterocycles. The van der Waals surface area contributed by atoms with Gasteiger partial charge in [-0.15, -0.1) is 0 Å². The van der Waals surface area contributed by atoms with Gasteiger partial charge in [0, 0.05) is 23.9 Å². The first kappa shape index (κ1) is 15.0. The van der Waals surface area contributed by atoms with Gasteiger partial charge >= 0.3 is 0 Å². The number of hydrogen-bond donors (Lipinski definition) is 1. The van der Waals surface area contributed by atoms with Gasteiger partial charge in [-0.25, -0.2) is 0 Å². The molecule has 26 heavy (non-hydrogen) atoms. The molecule has 0 saturated carbocycles. The summed E-state index contributed by atoms with van der Waals surface area (Å²) in [5.41, 5.74) is 7.22. The van der Waals surface area contributed by atoms with E-state index < -0.39 is 0 Å². The number of aromatic hydroxyl groups is 1. The molecule has 1 aliphatic carbocycles. The van der Waals surface area contributed by atoms with Crippen molar-refractivity contribution < 1.29 is 9.63 Å². The summed E-state index contributed by atoms with van der Waals surface area (Å²) in [6, 6.07) is 17.9. The number of aromatic nitrogens is 2. The third kappa shape index (κ3) is 2.42. The third-order valence-electron chi connectivity index (χ3n) is 5.05. The predicted octanol–water partition coefficient (Wildman–Crippen LogP) is 4.66. The first-order valence-electron chi connectivity index (χ1n) is 8.79. The van der Waals surface area contributed by atoms with Crippen LogP contribution in [0.15, 0.2) is 71.5 Å². The third-order valence-corrected chi connectivity index (χ3v) is 5.05. The van der Waals surface area contributed by atoms with Crippen LogP contribution in [0.4, 0.5) is 0 Å². The van der Waals surface area contributed by atoms with E-state index in [0.717, 1.165) is 36.3 Å². The van der Waals surface area contributed by atoms with E-state index in [2.05, 4.69) is 40.2 Å². The lowest BCUT2D eigenvalue weighted by molar-refractivity contribution is 0.430. The van der Waals surface area contributed by atoms with Crippen LogP contribution in [0.25, 0.3) is 22.6 Å². The molecule has 1 aliphatic rings. The Bertz CT molecular complexity index is 1060. The number of rotatable bonds is 3. The number of fused-ring (bicyclic) bond motifs is 3. The molecule has 0 unspecified atom stereocenters. The molecule has 1 N–H and O–H groups in total. The van der Waals surface area contributed by atoms with Crippen LogP contribution < -0.4 is 0 Å². The van der Waals surface area contributed by atoms with Crippen LogP contribution in [0.1, 0.15) is 16.7 Å². The Hall–Kier alpha value is -3.27. The highest BCUT2D eigenvalue weighted by molar-refractivity contribution is 5.78. The lowest BCUT2D eigenvalue weighted by Crippen LogP contribution is -2.03. The SMILES string of the molecule is Oc1ccc(Cn2cc3c(c2-c2ccccc2)CCc2cnoc2-3)cc1. The number of hydrogen-bond acceptors (Lipinski definition) is 3. The zero-order chi connectivity index (χ0) is 17.5. The summed E-state index contributed by atoms with van der Waals surface area (Å²) in [6.07, 6.45) is 5.94. The first-order chi connectivity index (χ1) is 12.8. The van der Waals surface area contributed by atoms with Crippen LogP contribution in [-0.4, -0.2) is 14.8 Å². The lowest BCUT2D eigenvalue weighted by Gasteiger charge is -2.14. The maximum absolute atomic E-state index is 9.55. The van der Waals surface area contributed by atoms with Gasteiger partial charge in [0.15, 0.2) is 5.76 Å². The molecule has 0 bridgehead atoms. The van der Waals surface area contributed by atoms with E-state index in [-0.39, 0.29) is 5.75 Å². The fourth-order valence-electron chi connectivity index (χ4n) is 3.83. The van der Waals surface area contributed by atoms with Crippen LogP contribution in [-0.2, 0) is 19.4 Å². The summed E-state index contributed by atoms with van der Waals surface area (Å²) in [6.45, 7) is 0.737. The second-order valence-corrected chi connectivity index (χ2v) is 6.71. The Morgan fingerprint density at radius 1 is 1.00 bits per heavy atom. The second kappa shape index (κ2) is 5.92. The summed E-state index contributed by atoms with van der Waals surface area (Å²) >= 11 is 0. The van der Waals surface area contributed by atoms with Gasteiger partial charge in [-0.2, -0.15) is 0 Å². The standard InChI is InChI=1S/C22H18N2O2/c25-18-9-6-15(7-10-18)13-24-14-20-19(11-8-17-12-23-26-22(17)20)21(24)16-4-2-1-3-5-16/h1-7,9-10,12,14,25H,8,11,13H2. The summed E-state index contributed by atoms with van der Waals surface area (Å²) in [4.78, 5) is 0. The van der Waals surface area contributed by atoms with Crippen LogP contribution >= 0.6 is 0 Å². The van der Waals surface area contributed by atoms with Crippen molar-refractivity contribution in [2.45, 2.75) is 19.4 Å². The fraction of sp³-hybridized carbons (Fsp3) is 0.136. The van der Waals surface area contributed by atoms with Crippen molar-refractivity contribution in [2.24, 2.45) is 0 Å². The highest BCUT2D eigenvalue weighted by Crippen LogP contribution is 2.40. The quantitative estimate of drug-likeness (QED) is 0.589. The largest absolute Gasteiger partial charge is 0.508 e. The minimum absolute atomic E-state index is 0.287. The van der Waals surface area contributed by atoms with Crippen molar-refractivity contribution in [3.63, 3.8) is 0 Å². The van der Waals surface area contributed by atoms with Crippen LogP contribution in [0.5, 0.6) is 5.75 Å². The Morgan fingerprint density at radius 2 is 1.81 bits per heavy atom. The van der Waals surface area contributed by atoms with Gasteiger partial charge in [-0.1, -0.05) is 47.6 Å². The Labute approximate surface area is 151 Å². The van der Waals surface area contributed by atoms with Crippen LogP contribution in [0.3, 0.4) is 0 Å². The summed E-state index contributed by atoms with van der Waals surface area (Å²) in [5.74, 6) is 1.18. The molecule has 0 fully saturated rings. The molecule has 0 saturated heterocycles. The van der Waals surface area contributed by atoms with Crippen molar-refractivity contribution >= 4 is 0 Å². The normalized spacial score (nSPS) is 12.6. The molecule has 4 aromatic rings. The van der Waals surface area contributed by atoms with E-state index in [0.29, 0.717) is 0 Å². The number of aryl methyl sites for hydroxylation is 1. The molecule has 0 atom stereocenters. The Balaban J connectivity index is 1.68. The summed E-state index contributed by atoms with van der Waals surface area (Å²) in [7, 11) is 0. The van der Waals surface area contributed by atoms with Crippen molar-refractivity contribution in [1.29, 1.82) is 0 Å². The van der Waals surface area contributed by atoms with E-state index in [1.165, 1.54) is 22.4 Å². The molecular weight excluding hydrogens is 324 g/mol. The van der Waals surface area contributed by atoms with Gasteiger partial charge in [0.1, 0.15) is 5.75 Å². The monoisotopic (exact) mass is 342 g/mol. The summed E-state index contributed by atoms with van der Waals surface area (Å²) < 4.78 is 7.84. The van der Waals surface area contributed by atoms with Crippen molar-refractivity contribution in [2.75, 3.05) is 0 Å². The van der Waals surface area contributed by atoms with Gasteiger partial charge < -0.3 is 14.2 Å². The molecule has 0 radical (unpaired) electrons. The van der Waals surface area contributed by atoms with E-state index in [9.17, 15) is 5.11 Å². The van der Waals surface area contributed by atoms with Gasteiger partial charge in [0.25, 0.3) is 0 Å². The molecule has 2 aromatic carbocycles. The van der Waals surface area contributed by atoms with Crippen LogP contribution in [0, 0.1) is 0 Å². The number of benzene rings is 2. The summed E-state index contributed by atoms with van der Waals surface area (Å²) in [5, 5.41) is 13.5. The Morgan fingerprint density at radius 3 is 2.62 bits per heavy atom. The highest BCUT2D eigenvalue weighted by atomic mass is 16.5. The molecular formula is C22H18N2O2. The minimum atomic E-state index is 0.287. The first-order valence-corrected chi connectivity index (χ1v) is 8.79. The molecule has 4 heteroatoms. The molecule has 2 aromatic heterocycles. The van der Waals surface area contributed by atoms with E-state index in [1.54, 1.807) is 12.1 Å². The van der Waals surface area contributed by atoms with Crippen molar-refractivity contribution in [3.05, 3.63) is 83.7 Å². The fourth-order valence-corrected chi connectivity index (χ4v) is 3.83. The van der Waals surface area contributed by atoms with Crippen molar-refractivity contribution in [1.82, 2.24) is 9.72 Å². The second-order valence-electron chi connectivity index (χ2n) is 6.71. The molecule has 4 nitrogen and oxygen atoms in total. The molecule has 0 aliphatic heterocycles. The molecule has 0 amide bonds. The van der Waals surface area contributed by atoms with E-state index in [4.69, 9.17) is 4.52 Å². The average Bonchev–Trinajstić information content (AvgIpc) is 3.28. The molecule has 128 valence electrons. The van der Waals surface area contributed by atoms with Gasteiger partial charge in [0.2, 0.25) is 0 Å². The van der Waals surface area contributed by atoms with E-state index >= 15 is 0 Å². The highest BCUT2D eigenvalue weighted by Gasteiger charge is 2.26. The minimum Gasteiger partial charge on any atom is -0.508 e. The maximum Gasteiger partial charge on any atom is 0.171 e. The zero-order valence-electron chi connectivity index (χ0n) is 14.2. The van der Waals surface area contributed by atoms with Gasteiger partial charge in [-0.3, -0.25) is 0 Å². The van der Waals surface area contributed by atoms with E-state index in [1.807, 2.05) is 24.4 Å². The van der Waals surface area contributed by atoms with Crippen LogP contribution in [0.2, 0.25) is 0 Å². The smallest absolute Gasteiger partial charge is 0.171 e. The zero-order valence-corrected chi connectivity index (χ0v) is 14.2. The number of phenolic OH excluding ortho intramolecular Hbond substituents is 1. The molecule has 5 rings (SSSR count). The van der Waals surface area contributed by atoms with Gasteiger partial charge in [0.05, 0.1) is 11.9 Å². The molecule has 0 spiro atoms. The Kier molecular flexibility index (Phi) is 3.42. The van der Waals surface area contributed by atoms with Crippen molar-refractivity contribution in [3.8, 4) is 28.3 Å². The lowest BCUT2D eigenvalue weighted by atomic mass is 9.91. The predicted molar refractivity (Wildman–Crippen MR) is 100.0 cm³/mol. The number of phenols is 1. The number of nitrogens with zero attached hydrogens (tertiary/aromatic N) is 2. The van der Waals surface area contributed by atoms with Gasteiger partial charge in [-0.05, 0) is 41.7 Å². The topological polar surface area (TPSA) is 51.2 Å². The maximum atomic E-state index is 9.55.